The molecule has 0 aromatic carbocycles. The fourth-order valence-corrected chi connectivity index (χ4v) is 7.42. The molecule has 0 amide bonds. The first-order valence-corrected chi connectivity index (χ1v) is 12.4. The van der Waals surface area contributed by atoms with Crippen molar-refractivity contribution in [1.29, 1.82) is 0 Å². The van der Waals surface area contributed by atoms with Crippen LogP contribution in [0.25, 0.3) is 0 Å². The summed E-state index contributed by atoms with van der Waals surface area (Å²) in [5.74, 6) is 0.932. The molecule has 11 heteroatoms. The number of aromatic nitrogens is 2. The van der Waals surface area contributed by atoms with Crippen molar-refractivity contribution < 1.29 is 13.5 Å². The maximum atomic E-state index is 13.0. The first-order valence-electron chi connectivity index (χ1n) is 9.71. The molecule has 156 valence electrons. The average molecular weight is 456 g/mol. The molecule has 1 N–H and O–H groups in total. The summed E-state index contributed by atoms with van der Waals surface area (Å²) in [5.41, 5.74) is 0. The Hall–Kier alpha value is -1.46. The second-order valence-electron chi connectivity index (χ2n) is 7.70. The van der Waals surface area contributed by atoms with Crippen LogP contribution in [0.3, 0.4) is 0 Å². The number of pyridine rings is 1. The summed E-state index contributed by atoms with van der Waals surface area (Å²) in [7, 11) is -3.61. The molecule has 0 unspecified atom stereocenters. The molecule has 5 rings (SSSR count). The monoisotopic (exact) mass is 455 g/mol. The summed E-state index contributed by atoms with van der Waals surface area (Å²) in [5, 5.41) is 12.8. The largest absolute Gasteiger partial charge is 0.393 e. The van der Waals surface area contributed by atoms with E-state index in [1.807, 2.05) is 12.1 Å². The number of aliphatic hydroxyl groups is 1. The smallest absolute Gasteiger partial charge is 0.261 e. The van der Waals surface area contributed by atoms with Crippen LogP contribution < -0.4 is 9.80 Å². The second-order valence-corrected chi connectivity index (χ2v) is 10.8. The normalized spacial score (nSPS) is 27.7. The molecular weight excluding hydrogens is 434 g/mol. The van der Waals surface area contributed by atoms with Crippen LogP contribution in [0.15, 0.2) is 28.6 Å². The predicted octanol–water partition coefficient (Wildman–Crippen LogP) is 1.66. The van der Waals surface area contributed by atoms with Gasteiger partial charge in [-0.05, 0) is 25.0 Å². The van der Waals surface area contributed by atoms with Crippen molar-refractivity contribution in [2.45, 2.75) is 30.0 Å². The molecule has 29 heavy (non-hydrogen) atoms. The molecule has 0 radical (unpaired) electrons. The van der Waals surface area contributed by atoms with Gasteiger partial charge in [0.1, 0.15) is 11.0 Å². The second kappa shape index (κ2) is 7.35. The third-order valence-corrected chi connectivity index (χ3v) is 9.21. The van der Waals surface area contributed by atoms with Crippen molar-refractivity contribution in [3.63, 3.8) is 0 Å². The number of hydrogen-bond acceptors (Lipinski definition) is 8. The van der Waals surface area contributed by atoms with Crippen molar-refractivity contribution in [2.75, 3.05) is 42.5 Å². The van der Waals surface area contributed by atoms with Crippen LogP contribution in [0.5, 0.6) is 0 Å². The van der Waals surface area contributed by atoms with E-state index in [1.54, 1.807) is 11.4 Å². The van der Waals surface area contributed by atoms with Crippen molar-refractivity contribution in [2.24, 2.45) is 5.92 Å². The van der Waals surface area contributed by atoms with Gasteiger partial charge in [-0.3, -0.25) is 0 Å². The van der Waals surface area contributed by atoms with Gasteiger partial charge in [-0.25, -0.2) is 18.4 Å². The van der Waals surface area contributed by atoms with E-state index in [2.05, 4.69) is 19.8 Å². The Morgan fingerprint density at radius 2 is 1.86 bits per heavy atom. The number of anilines is 2. The van der Waals surface area contributed by atoms with E-state index in [4.69, 9.17) is 11.6 Å². The highest BCUT2D eigenvalue weighted by Crippen LogP contribution is 2.43. The van der Waals surface area contributed by atoms with Crippen LogP contribution in [-0.2, 0) is 10.0 Å². The Kier molecular flexibility index (Phi) is 4.94. The summed E-state index contributed by atoms with van der Waals surface area (Å²) in [4.78, 5) is 13.1. The van der Waals surface area contributed by atoms with Crippen molar-refractivity contribution >= 4 is 43.9 Å². The molecule has 1 saturated carbocycles. The van der Waals surface area contributed by atoms with E-state index in [1.165, 1.54) is 15.6 Å². The standard InChI is InChI=1S/C18H22ClN5O3S2/c19-15-2-1-3-16(20-15)22-6-8-23(9-7-22)18-21-17(11-28-18)29(26,27)24-5-4-12-13(24)10-14(12)25/h1-3,11-14,25H,4-10H2/t12-,13-,14-/m1/s1. The van der Waals surface area contributed by atoms with Gasteiger partial charge in [0.15, 0.2) is 10.2 Å². The number of rotatable bonds is 4. The van der Waals surface area contributed by atoms with Gasteiger partial charge in [-0.1, -0.05) is 17.7 Å². The van der Waals surface area contributed by atoms with Crippen LogP contribution in [0.2, 0.25) is 5.15 Å². The lowest BCUT2D eigenvalue weighted by molar-refractivity contribution is -0.00352. The molecule has 0 bridgehead atoms. The highest BCUT2D eigenvalue weighted by Gasteiger charge is 2.52. The summed E-state index contributed by atoms with van der Waals surface area (Å²) >= 11 is 7.35. The highest BCUT2D eigenvalue weighted by molar-refractivity contribution is 7.89. The Labute approximate surface area is 178 Å². The van der Waals surface area contributed by atoms with E-state index in [0.717, 1.165) is 43.5 Å². The minimum absolute atomic E-state index is 0.0751. The topological polar surface area (TPSA) is 89.9 Å². The molecule has 3 fully saturated rings. The van der Waals surface area contributed by atoms with E-state index in [0.29, 0.717) is 18.1 Å². The molecule has 2 saturated heterocycles. The first-order chi connectivity index (χ1) is 13.9. The maximum Gasteiger partial charge on any atom is 0.261 e. The molecule has 4 heterocycles. The molecule has 2 aromatic rings. The molecule has 3 atom stereocenters. The van der Waals surface area contributed by atoms with Crippen molar-refractivity contribution in [3.8, 4) is 0 Å². The van der Waals surface area contributed by atoms with E-state index in [-0.39, 0.29) is 23.1 Å². The molecular formula is C18H22ClN5O3S2. The predicted molar refractivity (Wildman–Crippen MR) is 112 cm³/mol. The number of hydrogen-bond donors (Lipinski definition) is 1. The summed E-state index contributed by atoms with van der Waals surface area (Å²) in [6.45, 7) is 3.47. The minimum Gasteiger partial charge on any atom is -0.393 e. The van der Waals surface area contributed by atoms with Gasteiger partial charge in [-0.15, -0.1) is 11.3 Å². The first kappa shape index (κ1) is 19.5. The summed E-state index contributed by atoms with van der Waals surface area (Å²) in [6.07, 6.45) is 0.888. The van der Waals surface area contributed by atoms with Crippen molar-refractivity contribution in [3.05, 3.63) is 28.7 Å². The molecule has 2 aromatic heterocycles. The number of nitrogens with zero attached hydrogens (tertiary/aromatic N) is 5. The third-order valence-electron chi connectivity index (χ3n) is 6.14. The SMILES string of the molecule is O=S(=O)(c1csc(N2CCN(c3cccc(Cl)n3)CC2)n1)N1CC[C@H]2[C@H](O)C[C@H]21. The number of thiazole rings is 1. The van der Waals surface area contributed by atoms with E-state index in [9.17, 15) is 13.5 Å². The maximum absolute atomic E-state index is 13.0. The minimum atomic E-state index is -3.61. The molecule has 3 aliphatic rings. The third kappa shape index (κ3) is 3.40. The van der Waals surface area contributed by atoms with Gasteiger partial charge in [0.05, 0.1) is 6.10 Å². The fraction of sp³-hybridized carbons (Fsp3) is 0.556. The summed E-state index contributed by atoms with van der Waals surface area (Å²) in [6, 6.07) is 5.51. The number of piperazine rings is 1. The number of aliphatic hydroxyl groups excluding tert-OH is 1. The van der Waals surface area contributed by atoms with Gasteiger partial charge < -0.3 is 14.9 Å². The van der Waals surface area contributed by atoms with Gasteiger partial charge in [0.25, 0.3) is 10.0 Å². The summed E-state index contributed by atoms with van der Waals surface area (Å²) < 4.78 is 27.6. The molecule has 2 aliphatic heterocycles. The van der Waals surface area contributed by atoms with Gasteiger partial charge in [0.2, 0.25) is 0 Å². The van der Waals surface area contributed by atoms with Crippen LogP contribution in [-0.4, -0.2) is 72.7 Å². The van der Waals surface area contributed by atoms with Crippen LogP contribution >= 0.6 is 22.9 Å². The Bertz CT molecular complexity index is 1010. The van der Waals surface area contributed by atoms with Crippen LogP contribution in [0.4, 0.5) is 10.9 Å². The van der Waals surface area contributed by atoms with Crippen molar-refractivity contribution in [1.82, 2.24) is 14.3 Å². The van der Waals surface area contributed by atoms with Gasteiger partial charge >= 0.3 is 0 Å². The van der Waals surface area contributed by atoms with E-state index < -0.39 is 10.0 Å². The highest BCUT2D eigenvalue weighted by atomic mass is 35.5. The zero-order chi connectivity index (χ0) is 20.2. The van der Waals surface area contributed by atoms with Gasteiger partial charge in [-0.2, -0.15) is 4.31 Å². The zero-order valence-corrected chi connectivity index (χ0v) is 18.1. The fourth-order valence-electron chi connectivity index (χ4n) is 4.45. The average Bonchev–Trinajstić information content (AvgIpc) is 3.33. The Morgan fingerprint density at radius 3 is 2.55 bits per heavy atom. The molecule has 1 aliphatic carbocycles. The van der Waals surface area contributed by atoms with Gasteiger partial charge in [0, 0.05) is 50.1 Å². The molecule has 8 nitrogen and oxygen atoms in total. The Balaban J connectivity index is 1.26. The van der Waals surface area contributed by atoms with E-state index >= 15 is 0 Å². The lowest BCUT2D eigenvalue weighted by Gasteiger charge is -2.39. The van der Waals surface area contributed by atoms with Crippen LogP contribution in [0.1, 0.15) is 12.8 Å². The lowest BCUT2D eigenvalue weighted by atomic mass is 9.78. The quantitative estimate of drug-likeness (QED) is 0.701. The number of fused-ring (bicyclic) bond motifs is 1. The lowest BCUT2D eigenvalue weighted by Crippen LogP contribution is -2.50. The molecule has 0 spiro atoms. The van der Waals surface area contributed by atoms with Crippen LogP contribution in [0, 0.1) is 5.92 Å². The number of halogens is 1. The number of sulfonamides is 1. The zero-order valence-electron chi connectivity index (χ0n) is 15.7. The Morgan fingerprint density at radius 1 is 1.10 bits per heavy atom.